The highest BCUT2D eigenvalue weighted by molar-refractivity contribution is 5.98. The highest BCUT2D eigenvalue weighted by atomic mass is 16.3. The number of phenols is 2. The van der Waals surface area contributed by atoms with Gasteiger partial charge in [-0.2, -0.15) is 0 Å². The third-order valence-corrected chi connectivity index (χ3v) is 5.08. The van der Waals surface area contributed by atoms with Crippen LogP contribution in [-0.4, -0.2) is 40.5 Å². The Hall–Kier alpha value is -1.55. The number of Topliss-reactive ketones (excluding diaryl/α,β-unsaturated/α-hetero) is 1. The van der Waals surface area contributed by atoms with Crippen LogP contribution < -0.4 is 0 Å². The molecule has 1 fully saturated rings. The zero-order chi connectivity index (χ0) is 15.5. The van der Waals surface area contributed by atoms with Crippen LogP contribution in [0, 0.1) is 5.41 Å². The third kappa shape index (κ3) is 3.56. The second-order valence-corrected chi connectivity index (χ2v) is 6.11. The lowest BCUT2D eigenvalue weighted by Crippen LogP contribution is -2.41. The van der Waals surface area contributed by atoms with Crippen molar-refractivity contribution in [3.05, 3.63) is 23.8 Å². The number of benzene rings is 1. The van der Waals surface area contributed by atoms with Crippen LogP contribution in [0.3, 0.4) is 0 Å². The number of carbonyl (C=O) groups is 1. The van der Waals surface area contributed by atoms with Gasteiger partial charge in [-0.3, -0.25) is 9.69 Å². The molecule has 0 atom stereocenters. The Morgan fingerprint density at radius 2 is 1.76 bits per heavy atom. The number of carbonyl (C=O) groups excluding carboxylic acids is 1. The van der Waals surface area contributed by atoms with Gasteiger partial charge in [0, 0.05) is 5.56 Å². The molecular formula is C17H25NO3. The van der Waals surface area contributed by atoms with Crippen molar-refractivity contribution in [2.24, 2.45) is 5.41 Å². The lowest BCUT2D eigenvalue weighted by atomic mass is 9.74. The molecule has 0 bridgehead atoms. The van der Waals surface area contributed by atoms with Crippen molar-refractivity contribution in [1.29, 1.82) is 0 Å². The van der Waals surface area contributed by atoms with E-state index in [1.54, 1.807) is 6.07 Å². The highest BCUT2D eigenvalue weighted by Gasteiger charge is 2.31. The molecule has 4 heteroatoms. The van der Waals surface area contributed by atoms with Crippen molar-refractivity contribution < 1.29 is 15.0 Å². The first-order valence-electron chi connectivity index (χ1n) is 7.77. The molecule has 1 saturated heterocycles. The molecule has 1 aliphatic heterocycles. The van der Waals surface area contributed by atoms with E-state index < -0.39 is 0 Å². The van der Waals surface area contributed by atoms with Crippen molar-refractivity contribution in [3.63, 3.8) is 0 Å². The van der Waals surface area contributed by atoms with Gasteiger partial charge in [-0.1, -0.05) is 26.7 Å². The standard InChI is InChI=1S/C17H25NO3/c1-3-17(4-2)7-9-18(10-8-17)12-16(21)13-5-6-14(19)15(20)11-13/h5-6,11,19-20H,3-4,7-10,12H2,1-2H3. The Morgan fingerprint density at radius 3 is 2.29 bits per heavy atom. The van der Waals surface area contributed by atoms with Crippen molar-refractivity contribution in [2.45, 2.75) is 39.5 Å². The summed E-state index contributed by atoms with van der Waals surface area (Å²) in [7, 11) is 0. The van der Waals surface area contributed by atoms with Gasteiger partial charge in [-0.05, 0) is 49.5 Å². The first-order valence-corrected chi connectivity index (χ1v) is 7.77. The number of rotatable bonds is 5. The average Bonchev–Trinajstić information content (AvgIpc) is 2.51. The maximum atomic E-state index is 12.2. The molecule has 2 rings (SSSR count). The molecule has 116 valence electrons. The van der Waals surface area contributed by atoms with Crippen LogP contribution in [0.1, 0.15) is 49.9 Å². The average molecular weight is 291 g/mol. The van der Waals surface area contributed by atoms with Crippen molar-refractivity contribution in [3.8, 4) is 11.5 Å². The van der Waals surface area contributed by atoms with Crippen molar-refractivity contribution >= 4 is 5.78 Å². The van der Waals surface area contributed by atoms with Crippen LogP contribution >= 0.6 is 0 Å². The van der Waals surface area contributed by atoms with Gasteiger partial charge in [0.15, 0.2) is 17.3 Å². The van der Waals surface area contributed by atoms with E-state index in [1.165, 1.54) is 25.0 Å². The molecule has 21 heavy (non-hydrogen) atoms. The summed E-state index contributed by atoms with van der Waals surface area (Å²) in [6.07, 6.45) is 4.70. The van der Waals surface area contributed by atoms with E-state index in [1.807, 2.05) is 0 Å². The van der Waals surface area contributed by atoms with Gasteiger partial charge in [0.2, 0.25) is 0 Å². The monoisotopic (exact) mass is 291 g/mol. The Kier molecular flexibility index (Phi) is 4.88. The van der Waals surface area contributed by atoms with Gasteiger partial charge in [-0.15, -0.1) is 0 Å². The Bertz CT molecular complexity index is 499. The summed E-state index contributed by atoms with van der Waals surface area (Å²) in [4.78, 5) is 14.4. The lowest BCUT2D eigenvalue weighted by molar-refractivity contribution is 0.0756. The van der Waals surface area contributed by atoms with Crippen LogP contribution in [-0.2, 0) is 0 Å². The van der Waals surface area contributed by atoms with Crippen molar-refractivity contribution in [1.82, 2.24) is 4.90 Å². The van der Waals surface area contributed by atoms with E-state index in [4.69, 9.17) is 0 Å². The molecule has 0 amide bonds. The third-order valence-electron chi connectivity index (χ3n) is 5.08. The summed E-state index contributed by atoms with van der Waals surface area (Å²) in [5, 5.41) is 18.8. The molecule has 0 unspecified atom stereocenters. The summed E-state index contributed by atoms with van der Waals surface area (Å²) in [5.41, 5.74) is 0.907. The van der Waals surface area contributed by atoms with E-state index in [9.17, 15) is 15.0 Å². The molecule has 0 aromatic heterocycles. The van der Waals surface area contributed by atoms with E-state index in [0.717, 1.165) is 25.9 Å². The van der Waals surface area contributed by atoms with Gasteiger partial charge in [0.05, 0.1) is 6.54 Å². The molecule has 1 aromatic carbocycles. The zero-order valence-corrected chi connectivity index (χ0v) is 12.9. The molecular weight excluding hydrogens is 266 g/mol. The topological polar surface area (TPSA) is 60.8 Å². The normalized spacial score (nSPS) is 18.6. The van der Waals surface area contributed by atoms with Crippen LogP contribution in [0.4, 0.5) is 0 Å². The fraction of sp³-hybridized carbons (Fsp3) is 0.588. The molecule has 0 aliphatic carbocycles. The van der Waals surface area contributed by atoms with Gasteiger partial charge in [0.25, 0.3) is 0 Å². The van der Waals surface area contributed by atoms with Gasteiger partial charge < -0.3 is 10.2 Å². The molecule has 1 heterocycles. The van der Waals surface area contributed by atoms with Crippen LogP contribution in [0.2, 0.25) is 0 Å². The Labute approximate surface area is 126 Å². The molecule has 1 aliphatic rings. The van der Waals surface area contributed by atoms with Gasteiger partial charge >= 0.3 is 0 Å². The Balaban J connectivity index is 1.94. The predicted octanol–water partition coefficient (Wildman–Crippen LogP) is 3.18. The minimum absolute atomic E-state index is 0.00852. The molecule has 2 N–H and O–H groups in total. The van der Waals surface area contributed by atoms with Crippen LogP contribution in [0.5, 0.6) is 11.5 Å². The smallest absolute Gasteiger partial charge is 0.176 e. The summed E-state index contributed by atoms with van der Waals surface area (Å²) >= 11 is 0. The maximum Gasteiger partial charge on any atom is 0.176 e. The number of ketones is 1. The molecule has 1 aromatic rings. The number of hydrogen-bond acceptors (Lipinski definition) is 4. The van der Waals surface area contributed by atoms with E-state index >= 15 is 0 Å². The first-order chi connectivity index (χ1) is 9.99. The molecule has 0 radical (unpaired) electrons. The molecule has 0 spiro atoms. The first kappa shape index (κ1) is 15.8. The summed E-state index contributed by atoms with van der Waals surface area (Å²) in [5.74, 6) is -0.443. The van der Waals surface area contributed by atoms with Crippen LogP contribution in [0.15, 0.2) is 18.2 Å². The second kappa shape index (κ2) is 6.48. The quantitative estimate of drug-likeness (QED) is 0.646. The Morgan fingerprint density at radius 1 is 1.14 bits per heavy atom. The minimum Gasteiger partial charge on any atom is -0.504 e. The maximum absolute atomic E-state index is 12.2. The molecule has 4 nitrogen and oxygen atoms in total. The van der Waals surface area contributed by atoms with E-state index in [2.05, 4.69) is 18.7 Å². The lowest BCUT2D eigenvalue weighted by Gasteiger charge is -2.40. The largest absolute Gasteiger partial charge is 0.504 e. The predicted molar refractivity (Wildman–Crippen MR) is 82.8 cm³/mol. The minimum atomic E-state index is -0.240. The second-order valence-electron chi connectivity index (χ2n) is 6.11. The number of nitrogens with zero attached hydrogens (tertiary/aromatic N) is 1. The number of aromatic hydroxyl groups is 2. The highest BCUT2D eigenvalue weighted by Crippen LogP contribution is 2.37. The summed E-state index contributed by atoms with van der Waals surface area (Å²) < 4.78 is 0. The fourth-order valence-corrected chi connectivity index (χ4v) is 3.13. The number of hydrogen-bond donors (Lipinski definition) is 2. The number of piperidine rings is 1. The van der Waals surface area contributed by atoms with Crippen molar-refractivity contribution in [2.75, 3.05) is 19.6 Å². The number of likely N-dealkylation sites (tertiary alicyclic amines) is 1. The summed E-state index contributed by atoms with van der Waals surface area (Å²) in [6, 6.07) is 4.26. The van der Waals surface area contributed by atoms with E-state index in [0.29, 0.717) is 17.5 Å². The fourth-order valence-electron chi connectivity index (χ4n) is 3.13. The SMILES string of the molecule is CCC1(CC)CCN(CC(=O)c2ccc(O)c(O)c2)CC1. The zero-order valence-electron chi connectivity index (χ0n) is 12.9. The van der Waals surface area contributed by atoms with Gasteiger partial charge in [-0.25, -0.2) is 0 Å². The molecule has 0 saturated carbocycles. The van der Waals surface area contributed by atoms with Gasteiger partial charge in [0.1, 0.15) is 0 Å². The summed E-state index contributed by atoms with van der Waals surface area (Å²) in [6.45, 7) is 6.80. The number of phenolic OH excluding ortho intramolecular Hbond substituents is 2. The van der Waals surface area contributed by atoms with E-state index in [-0.39, 0.29) is 17.3 Å². The van der Waals surface area contributed by atoms with Crippen LogP contribution in [0.25, 0.3) is 0 Å².